The van der Waals surface area contributed by atoms with Crippen molar-refractivity contribution in [3.8, 4) is 5.75 Å². The molecule has 6 heteroatoms. The van der Waals surface area contributed by atoms with Gasteiger partial charge in [0.15, 0.2) is 5.76 Å². The van der Waals surface area contributed by atoms with Gasteiger partial charge in [-0.25, -0.2) is 0 Å². The highest BCUT2D eigenvalue weighted by molar-refractivity contribution is 6.07. The number of hydrogen-bond acceptors (Lipinski definition) is 4. The number of furan rings is 1. The fraction of sp³-hybridized carbons (Fsp3) is 0.200. The van der Waals surface area contributed by atoms with Crippen LogP contribution in [0.1, 0.15) is 26.5 Å². The van der Waals surface area contributed by atoms with E-state index in [1.54, 1.807) is 30.1 Å². The number of fused-ring (bicyclic) bond motifs is 2. The lowest BCUT2D eigenvalue weighted by Gasteiger charge is -2.13. The zero-order valence-corrected chi connectivity index (χ0v) is 14.5. The maximum Gasteiger partial charge on any atom is 0.291 e. The second-order valence-electron chi connectivity index (χ2n) is 6.29. The largest absolute Gasteiger partial charge is 0.491 e. The number of likely N-dealkylation sites (N-methyl/N-ethyl adjacent to an activating group) is 1. The number of benzene rings is 2. The Hall–Kier alpha value is -3.28. The van der Waals surface area contributed by atoms with Crippen molar-refractivity contribution in [3.63, 3.8) is 0 Å². The first-order valence-electron chi connectivity index (χ1n) is 8.36. The van der Waals surface area contributed by atoms with Crippen LogP contribution in [0, 0.1) is 6.92 Å². The van der Waals surface area contributed by atoms with Crippen molar-refractivity contribution < 1.29 is 18.7 Å². The van der Waals surface area contributed by atoms with Gasteiger partial charge in [-0.3, -0.25) is 9.59 Å². The van der Waals surface area contributed by atoms with Crippen molar-refractivity contribution in [2.45, 2.75) is 6.92 Å². The van der Waals surface area contributed by atoms with Gasteiger partial charge in [-0.15, -0.1) is 0 Å². The van der Waals surface area contributed by atoms with E-state index in [0.29, 0.717) is 35.7 Å². The number of anilines is 1. The van der Waals surface area contributed by atoms with Crippen LogP contribution in [0.3, 0.4) is 0 Å². The number of nitrogens with one attached hydrogen (secondary N) is 1. The zero-order valence-electron chi connectivity index (χ0n) is 14.5. The molecule has 0 bridgehead atoms. The van der Waals surface area contributed by atoms with Crippen LogP contribution in [-0.4, -0.2) is 36.9 Å². The highest BCUT2D eigenvalue weighted by atomic mass is 16.5. The number of aryl methyl sites for hydroxylation is 1. The third-order valence-electron chi connectivity index (χ3n) is 4.55. The molecule has 1 aliphatic rings. The van der Waals surface area contributed by atoms with Crippen LogP contribution in [0.5, 0.6) is 5.75 Å². The third kappa shape index (κ3) is 2.69. The van der Waals surface area contributed by atoms with Crippen LogP contribution >= 0.6 is 0 Å². The molecule has 1 aromatic heterocycles. The molecule has 0 fully saturated rings. The van der Waals surface area contributed by atoms with Crippen LogP contribution in [0.4, 0.5) is 5.69 Å². The molecular formula is C20H18N2O4. The summed E-state index contributed by atoms with van der Waals surface area (Å²) in [6, 6.07) is 12.6. The highest BCUT2D eigenvalue weighted by Crippen LogP contribution is 2.28. The Morgan fingerprint density at radius 3 is 2.81 bits per heavy atom. The monoisotopic (exact) mass is 350 g/mol. The Morgan fingerprint density at radius 2 is 2.00 bits per heavy atom. The second kappa shape index (κ2) is 6.22. The van der Waals surface area contributed by atoms with Crippen molar-refractivity contribution in [2.75, 3.05) is 25.5 Å². The minimum Gasteiger partial charge on any atom is -0.491 e. The summed E-state index contributed by atoms with van der Waals surface area (Å²) in [7, 11) is 1.73. The van der Waals surface area contributed by atoms with Gasteiger partial charge in [0.1, 0.15) is 17.9 Å². The number of ether oxygens (including phenoxy) is 1. The molecule has 0 radical (unpaired) electrons. The summed E-state index contributed by atoms with van der Waals surface area (Å²) in [5, 5.41) is 3.71. The Morgan fingerprint density at radius 1 is 1.19 bits per heavy atom. The quantitative estimate of drug-likeness (QED) is 0.768. The van der Waals surface area contributed by atoms with E-state index < -0.39 is 0 Å². The average molecular weight is 350 g/mol. The topological polar surface area (TPSA) is 71.8 Å². The van der Waals surface area contributed by atoms with Crippen molar-refractivity contribution in [2.24, 2.45) is 0 Å². The number of hydrogen-bond donors (Lipinski definition) is 1. The number of amides is 2. The zero-order chi connectivity index (χ0) is 18.3. The molecule has 0 saturated heterocycles. The van der Waals surface area contributed by atoms with Crippen molar-refractivity contribution >= 4 is 28.5 Å². The molecule has 4 rings (SSSR count). The van der Waals surface area contributed by atoms with E-state index in [0.717, 1.165) is 10.9 Å². The van der Waals surface area contributed by atoms with Gasteiger partial charge in [-0.2, -0.15) is 0 Å². The van der Waals surface area contributed by atoms with Crippen LogP contribution in [0.15, 0.2) is 46.9 Å². The van der Waals surface area contributed by atoms with E-state index in [9.17, 15) is 9.59 Å². The predicted octanol–water partition coefficient (Wildman–Crippen LogP) is 3.46. The van der Waals surface area contributed by atoms with Crippen LogP contribution in [0.25, 0.3) is 11.0 Å². The second-order valence-corrected chi connectivity index (χ2v) is 6.29. The minimum atomic E-state index is -0.353. The molecule has 132 valence electrons. The number of carbonyl (C=O) groups is 2. The summed E-state index contributed by atoms with van der Waals surface area (Å²) in [5.74, 6) is 0.306. The fourth-order valence-corrected chi connectivity index (χ4v) is 3.08. The molecule has 0 spiro atoms. The fourth-order valence-electron chi connectivity index (χ4n) is 3.08. The summed E-state index contributed by atoms with van der Waals surface area (Å²) in [6.45, 7) is 2.82. The summed E-state index contributed by atoms with van der Waals surface area (Å²) in [6.07, 6.45) is 0. The van der Waals surface area contributed by atoms with Gasteiger partial charge in [0.05, 0.1) is 12.1 Å². The van der Waals surface area contributed by atoms with E-state index in [1.165, 1.54) is 0 Å². The summed E-state index contributed by atoms with van der Waals surface area (Å²) < 4.78 is 11.3. The predicted molar refractivity (Wildman–Crippen MR) is 97.8 cm³/mol. The summed E-state index contributed by atoms with van der Waals surface area (Å²) >= 11 is 0. The standard InChI is InChI=1S/C20H18N2O4/c1-12-14-5-3-4-6-17(14)26-18(12)19(23)21-13-7-8-16-15(11-13)20(24)22(2)9-10-25-16/h3-8,11H,9-10H2,1-2H3,(H,21,23). The Kier molecular flexibility index (Phi) is 3.88. The third-order valence-corrected chi connectivity index (χ3v) is 4.55. The minimum absolute atomic E-state index is 0.131. The lowest BCUT2D eigenvalue weighted by Crippen LogP contribution is -2.27. The van der Waals surface area contributed by atoms with Crippen molar-refractivity contribution in [3.05, 3.63) is 59.4 Å². The first kappa shape index (κ1) is 16.2. The highest BCUT2D eigenvalue weighted by Gasteiger charge is 2.22. The van der Waals surface area contributed by atoms with E-state index in [-0.39, 0.29) is 17.6 Å². The molecule has 3 aromatic rings. The molecule has 0 aliphatic carbocycles. The molecule has 0 atom stereocenters. The molecule has 2 aromatic carbocycles. The maximum absolute atomic E-state index is 12.7. The van der Waals surface area contributed by atoms with Crippen LogP contribution in [0.2, 0.25) is 0 Å². The summed E-state index contributed by atoms with van der Waals surface area (Å²) in [4.78, 5) is 26.7. The normalized spacial score (nSPS) is 13.9. The van der Waals surface area contributed by atoms with Crippen molar-refractivity contribution in [1.29, 1.82) is 0 Å². The van der Waals surface area contributed by atoms with E-state index >= 15 is 0 Å². The first-order valence-corrected chi connectivity index (χ1v) is 8.36. The Bertz CT molecular complexity index is 1020. The lowest BCUT2D eigenvalue weighted by atomic mass is 10.1. The SMILES string of the molecule is Cc1c(C(=O)Nc2ccc3c(c2)C(=O)N(C)CCO3)oc2ccccc12. The van der Waals surface area contributed by atoms with Gasteiger partial charge >= 0.3 is 0 Å². The molecule has 0 saturated carbocycles. The number of para-hydroxylation sites is 1. The van der Waals surface area contributed by atoms with Gasteiger partial charge in [0, 0.05) is 23.7 Å². The van der Waals surface area contributed by atoms with E-state index in [2.05, 4.69) is 5.32 Å². The van der Waals surface area contributed by atoms with E-state index in [1.807, 2.05) is 31.2 Å². The molecule has 1 N–H and O–H groups in total. The molecule has 26 heavy (non-hydrogen) atoms. The molecular weight excluding hydrogens is 332 g/mol. The summed E-state index contributed by atoms with van der Waals surface area (Å²) in [5.41, 5.74) is 2.40. The van der Waals surface area contributed by atoms with Crippen LogP contribution < -0.4 is 10.1 Å². The van der Waals surface area contributed by atoms with Gasteiger partial charge in [0.25, 0.3) is 11.8 Å². The average Bonchev–Trinajstić information content (AvgIpc) is 2.91. The molecule has 6 nitrogen and oxygen atoms in total. The molecule has 2 heterocycles. The van der Waals surface area contributed by atoms with Gasteiger partial charge < -0.3 is 19.4 Å². The Balaban J connectivity index is 1.65. The van der Waals surface area contributed by atoms with Crippen molar-refractivity contribution in [1.82, 2.24) is 4.90 Å². The number of nitrogens with zero attached hydrogens (tertiary/aromatic N) is 1. The smallest absolute Gasteiger partial charge is 0.291 e. The number of carbonyl (C=O) groups excluding carboxylic acids is 2. The van der Waals surface area contributed by atoms with Gasteiger partial charge in [-0.1, -0.05) is 18.2 Å². The molecule has 2 amide bonds. The lowest BCUT2D eigenvalue weighted by molar-refractivity contribution is 0.0796. The molecule has 1 aliphatic heterocycles. The van der Waals surface area contributed by atoms with Crippen LogP contribution in [-0.2, 0) is 0 Å². The Labute approximate surface area is 150 Å². The van der Waals surface area contributed by atoms with Gasteiger partial charge in [-0.05, 0) is 31.2 Å². The first-order chi connectivity index (χ1) is 12.5. The number of rotatable bonds is 2. The van der Waals surface area contributed by atoms with E-state index in [4.69, 9.17) is 9.15 Å². The maximum atomic E-state index is 12.7. The van der Waals surface area contributed by atoms with Gasteiger partial charge in [0.2, 0.25) is 0 Å². The molecule has 0 unspecified atom stereocenters.